The fraction of sp³-hybridized carbons (Fsp3) is 0.458. The third-order valence-corrected chi connectivity index (χ3v) is 6.98. The number of ether oxygens (including phenoxy) is 1. The number of hydrogen-bond acceptors (Lipinski definition) is 8. The van der Waals surface area contributed by atoms with E-state index in [1.165, 1.54) is 12.1 Å². The number of fused-ring (bicyclic) bond motifs is 2. The van der Waals surface area contributed by atoms with Crippen LogP contribution in [0.25, 0.3) is 0 Å². The van der Waals surface area contributed by atoms with Crippen molar-refractivity contribution in [3.63, 3.8) is 0 Å². The summed E-state index contributed by atoms with van der Waals surface area (Å²) in [5.74, 6) is -0.127. The quantitative estimate of drug-likeness (QED) is 0.531. The highest BCUT2D eigenvalue weighted by Gasteiger charge is 2.43. The number of nitriles is 1. The summed E-state index contributed by atoms with van der Waals surface area (Å²) in [5.41, 5.74) is 4.45. The van der Waals surface area contributed by atoms with Crippen molar-refractivity contribution in [3.8, 4) is 11.8 Å². The van der Waals surface area contributed by atoms with E-state index >= 15 is 0 Å². The van der Waals surface area contributed by atoms with E-state index in [9.17, 15) is 28.0 Å². The van der Waals surface area contributed by atoms with Crippen molar-refractivity contribution < 1.29 is 27.5 Å². The number of piperidine rings is 1. The molecule has 3 aliphatic rings. The van der Waals surface area contributed by atoms with Gasteiger partial charge in [0.05, 0.1) is 11.1 Å². The fourth-order valence-electron chi connectivity index (χ4n) is 5.29. The number of halogens is 3. The minimum atomic E-state index is -4.55. The molecule has 37 heavy (non-hydrogen) atoms. The number of rotatable bonds is 6. The summed E-state index contributed by atoms with van der Waals surface area (Å²) >= 11 is 0. The van der Waals surface area contributed by atoms with Crippen molar-refractivity contribution in [2.45, 2.75) is 62.5 Å². The van der Waals surface area contributed by atoms with Crippen LogP contribution in [0.4, 0.5) is 24.9 Å². The van der Waals surface area contributed by atoms with Crippen molar-refractivity contribution in [2.75, 3.05) is 16.8 Å². The average Bonchev–Trinajstić information content (AvgIpc) is 3.37. The van der Waals surface area contributed by atoms with Gasteiger partial charge < -0.3 is 26.0 Å². The first-order valence-electron chi connectivity index (χ1n) is 11.9. The Hall–Kier alpha value is -4.08. The summed E-state index contributed by atoms with van der Waals surface area (Å²) in [5, 5.41) is 15.2. The molecule has 0 spiro atoms. The predicted molar refractivity (Wildman–Crippen MR) is 125 cm³/mol. The molecule has 10 nitrogen and oxygen atoms in total. The van der Waals surface area contributed by atoms with E-state index in [4.69, 9.17) is 10.5 Å². The third kappa shape index (κ3) is 4.96. The molecule has 0 radical (unpaired) electrons. The topological polar surface area (TPSA) is 146 Å². The number of carbonyl (C=O) groups excluding carboxylic acids is 2. The van der Waals surface area contributed by atoms with Crippen LogP contribution in [0.1, 0.15) is 53.7 Å². The number of nitrogens with zero attached hydrogens (tertiary/aromatic N) is 4. The van der Waals surface area contributed by atoms with Gasteiger partial charge in [0.2, 0.25) is 11.9 Å². The second-order valence-corrected chi connectivity index (χ2v) is 9.40. The Kier molecular flexibility index (Phi) is 6.26. The van der Waals surface area contributed by atoms with Gasteiger partial charge in [-0.3, -0.25) is 9.59 Å². The lowest BCUT2D eigenvalue weighted by molar-refractivity contribution is -0.137. The zero-order valence-corrected chi connectivity index (χ0v) is 19.6. The Morgan fingerprint density at radius 3 is 2.51 bits per heavy atom. The summed E-state index contributed by atoms with van der Waals surface area (Å²) in [6.45, 7) is 0.543. The number of benzene rings is 1. The van der Waals surface area contributed by atoms with Crippen LogP contribution in [0.15, 0.2) is 24.3 Å². The van der Waals surface area contributed by atoms with Crippen molar-refractivity contribution in [3.05, 3.63) is 41.1 Å². The summed E-state index contributed by atoms with van der Waals surface area (Å²) in [7, 11) is 0. The van der Waals surface area contributed by atoms with E-state index < -0.39 is 23.7 Å². The summed E-state index contributed by atoms with van der Waals surface area (Å²) in [4.78, 5) is 34.9. The van der Waals surface area contributed by atoms with Gasteiger partial charge in [-0.05, 0) is 37.5 Å². The second kappa shape index (κ2) is 9.42. The number of nitrogens with one attached hydrogen (secondary N) is 2. The average molecular weight is 515 g/mol. The highest BCUT2D eigenvalue weighted by atomic mass is 19.4. The van der Waals surface area contributed by atoms with Crippen LogP contribution in [0.5, 0.6) is 5.75 Å². The monoisotopic (exact) mass is 515 g/mol. The zero-order valence-electron chi connectivity index (χ0n) is 19.6. The molecular weight excluding hydrogens is 491 g/mol. The first-order chi connectivity index (χ1) is 17.6. The first kappa shape index (κ1) is 24.6. The molecule has 2 bridgehead atoms. The molecule has 13 heteroatoms. The molecule has 4 N–H and O–H groups in total. The molecule has 0 aliphatic carbocycles. The maximum absolute atomic E-state index is 13.0. The van der Waals surface area contributed by atoms with Crippen LogP contribution < -0.4 is 26.0 Å². The van der Waals surface area contributed by atoms with E-state index in [0.717, 1.165) is 25.0 Å². The van der Waals surface area contributed by atoms with Crippen molar-refractivity contribution in [1.29, 1.82) is 5.26 Å². The van der Waals surface area contributed by atoms with Crippen LogP contribution in [-0.2, 0) is 11.0 Å². The first-order valence-corrected chi connectivity index (χ1v) is 11.9. The SMILES string of the molecule is N#Cc1cc(C(F)(F)F)ccc1O[C@@H]1C[C@H]2CC[C@@H](C1)N2c1nc(N[C@H]2CCNC2=O)cc(C(N)=O)n1. The molecule has 1 aromatic heterocycles. The smallest absolute Gasteiger partial charge is 0.416 e. The molecule has 3 aliphatic heterocycles. The van der Waals surface area contributed by atoms with Gasteiger partial charge in [0.25, 0.3) is 5.91 Å². The van der Waals surface area contributed by atoms with Gasteiger partial charge in [0.1, 0.15) is 35.5 Å². The molecule has 1 aromatic carbocycles. The molecule has 3 fully saturated rings. The van der Waals surface area contributed by atoms with E-state index in [0.29, 0.717) is 37.6 Å². The van der Waals surface area contributed by atoms with E-state index in [2.05, 4.69) is 20.6 Å². The van der Waals surface area contributed by atoms with Gasteiger partial charge in [0.15, 0.2) is 0 Å². The fourth-order valence-corrected chi connectivity index (χ4v) is 5.29. The van der Waals surface area contributed by atoms with Crippen LogP contribution in [-0.4, -0.2) is 52.6 Å². The largest absolute Gasteiger partial charge is 0.489 e. The van der Waals surface area contributed by atoms with Crippen LogP contribution in [0.2, 0.25) is 0 Å². The molecule has 2 aromatic rings. The number of hydrogen-bond donors (Lipinski definition) is 3. The molecule has 0 saturated carbocycles. The molecule has 0 unspecified atom stereocenters. The highest BCUT2D eigenvalue weighted by Crippen LogP contribution is 2.40. The lowest BCUT2D eigenvalue weighted by Crippen LogP contribution is -2.47. The molecule has 194 valence electrons. The second-order valence-electron chi connectivity index (χ2n) is 9.40. The Labute approximate surface area is 210 Å². The zero-order chi connectivity index (χ0) is 26.3. The molecule has 3 saturated heterocycles. The minimum absolute atomic E-state index is 0.0205. The van der Waals surface area contributed by atoms with E-state index in [1.54, 1.807) is 6.07 Å². The molecule has 4 heterocycles. The van der Waals surface area contributed by atoms with E-state index in [1.807, 2.05) is 4.90 Å². The maximum Gasteiger partial charge on any atom is 0.416 e. The molecular formula is C24H24F3N7O3. The molecule has 4 atom stereocenters. The van der Waals surface area contributed by atoms with Crippen LogP contribution in [0.3, 0.4) is 0 Å². The van der Waals surface area contributed by atoms with Gasteiger partial charge in [0, 0.05) is 37.5 Å². The lowest BCUT2D eigenvalue weighted by atomic mass is 9.99. The number of alkyl halides is 3. The Morgan fingerprint density at radius 2 is 1.92 bits per heavy atom. The van der Waals surface area contributed by atoms with Gasteiger partial charge in [-0.1, -0.05) is 0 Å². The number of amides is 2. The Balaban J connectivity index is 1.35. The molecule has 2 amide bonds. The number of primary amides is 1. The Bertz CT molecular complexity index is 1270. The van der Waals surface area contributed by atoms with Gasteiger partial charge in [-0.25, -0.2) is 4.98 Å². The number of anilines is 2. The van der Waals surface area contributed by atoms with Crippen LogP contribution >= 0.6 is 0 Å². The predicted octanol–water partition coefficient (Wildman–Crippen LogP) is 2.35. The summed E-state index contributed by atoms with van der Waals surface area (Å²) < 4.78 is 45.1. The third-order valence-electron chi connectivity index (χ3n) is 6.98. The Morgan fingerprint density at radius 1 is 1.19 bits per heavy atom. The lowest BCUT2D eigenvalue weighted by Gasteiger charge is -2.39. The summed E-state index contributed by atoms with van der Waals surface area (Å²) in [6.07, 6.45) is -1.63. The van der Waals surface area contributed by atoms with Gasteiger partial charge in [-0.15, -0.1) is 0 Å². The molecule has 5 rings (SSSR count). The van der Waals surface area contributed by atoms with Crippen molar-refractivity contribution >= 4 is 23.6 Å². The van der Waals surface area contributed by atoms with Gasteiger partial charge in [-0.2, -0.15) is 23.4 Å². The normalized spacial score (nSPS) is 24.9. The minimum Gasteiger partial charge on any atom is -0.489 e. The maximum atomic E-state index is 13.0. The number of aromatic nitrogens is 2. The van der Waals surface area contributed by atoms with Crippen molar-refractivity contribution in [1.82, 2.24) is 15.3 Å². The van der Waals surface area contributed by atoms with E-state index in [-0.39, 0.29) is 41.1 Å². The number of carbonyl (C=O) groups is 2. The number of nitrogens with two attached hydrogens (primary N) is 1. The standard InChI is InChI=1S/C24H24F3N7O3/c25-24(26,27)13-1-4-19(12(7-13)11-28)37-16-8-14-2-3-15(9-16)34(14)23-32-18(21(29)35)10-20(33-23)31-17-5-6-30-22(17)36/h1,4,7,10,14-17H,2-3,5-6,8-9H2,(H2,29,35)(H,30,36)(H,31,32,33)/t14-,15+,16-,17-/m0/s1. The van der Waals surface area contributed by atoms with Gasteiger partial charge >= 0.3 is 6.18 Å². The highest BCUT2D eigenvalue weighted by molar-refractivity contribution is 5.92. The summed E-state index contributed by atoms with van der Waals surface area (Å²) in [6, 6.07) is 5.53. The van der Waals surface area contributed by atoms with Crippen LogP contribution in [0, 0.1) is 11.3 Å². The van der Waals surface area contributed by atoms with Crippen molar-refractivity contribution in [2.24, 2.45) is 5.73 Å².